The Bertz CT molecular complexity index is 1050. The highest BCUT2D eigenvalue weighted by Gasteiger charge is 2.39. The summed E-state index contributed by atoms with van der Waals surface area (Å²) >= 11 is 6.37. The molecule has 0 radical (unpaired) electrons. The minimum absolute atomic E-state index is 0.0184. The zero-order valence-corrected chi connectivity index (χ0v) is 18.4. The van der Waals surface area contributed by atoms with E-state index in [2.05, 4.69) is 5.32 Å². The number of benzene rings is 2. The smallest absolute Gasteiger partial charge is 0.225 e. The van der Waals surface area contributed by atoms with Crippen LogP contribution >= 0.6 is 11.6 Å². The Balaban J connectivity index is 1.77. The molecule has 2 aromatic rings. The fraction of sp³-hybridized carbons (Fsp3) is 0.333. The molecule has 0 aromatic heterocycles. The first-order valence-corrected chi connectivity index (χ1v) is 10.4. The molecule has 0 saturated carbocycles. The second-order valence-electron chi connectivity index (χ2n) is 7.71. The molecule has 0 bridgehead atoms. The van der Waals surface area contributed by atoms with Crippen molar-refractivity contribution >= 4 is 23.3 Å². The third kappa shape index (κ3) is 3.88. The molecule has 7 heteroatoms. The summed E-state index contributed by atoms with van der Waals surface area (Å²) in [6.45, 7) is 0. The molecule has 6 nitrogen and oxygen atoms in total. The van der Waals surface area contributed by atoms with Gasteiger partial charge in [0.25, 0.3) is 0 Å². The number of ether oxygens (including phenoxy) is 3. The minimum Gasteiger partial charge on any atom is -0.493 e. The van der Waals surface area contributed by atoms with Gasteiger partial charge < -0.3 is 19.5 Å². The number of methoxy groups -OCH3 is 3. The van der Waals surface area contributed by atoms with Gasteiger partial charge in [0.15, 0.2) is 17.3 Å². The standard InChI is InChI=1S/C24H24ClNO5/c1-29-20-10-14(11-21(30-2)24(20)31-3)16-12-22(28)26-18-8-13(9-19(27)23(16)18)15-6-4-5-7-17(15)25/h4-7,10-11,13,16H,8-9,12H2,1-3H3,(H,26,28)/t13-,16+/m1/s1. The molecule has 0 saturated heterocycles. The summed E-state index contributed by atoms with van der Waals surface area (Å²) in [5.74, 6) is 0.896. The van der Waals surface area contributed by atoms with Crippen LogP contribution in [0.4, 0.5) is 0 Å². The Morgan fingerprint density at radius 2 is 1.61 bits per heavy atom. The number of hydrogen-bond donors (Lipinski definition) is 1. The van der Waals surface area contributed by atoms with Crippen LogP contribution in [0.15, 0.2) is 47.7 Å². The molecule has 1 N–H and O–H groups in total. The van der Waals surface area contributed by atoms with Gasteiger partial charge >= 0.3 is 0 Å². The van der Waals surface area contributed by atoms with Crippen LogP contribution in [-0.2, 0) is 9.59 Å². The maximum atomic E-state index is 13.3. The lowest BCUT2D eigenvalue weighted by Crippen LogP contribution is -2.38. The van der Waals surface area contributed by atoms with Crippen LogP contribution in [0, 0.1) is 0 Å². The van der Waals surface area contributed by atoms with Crippen molar-refractivity contribution in [3.63, 3.8) is 0 Å². The van der Waals surface area contributed by atoms with Gasteiger partial charge in [0, 0.05) is 35.1 Å². The minimum atomic E-state index is -0.378. The van der Waals surface area contributed by atoms with E-state index in [0.717, 1.165) is 11.1 Å². The van der Waals surface area contributed by atoms with E-state index in [-0.39, 0.29) is 29.9 Å². The molecule has 31 heavy (non-hydrogen) atoms. The Labute approximate surface area is 186 Å². The second-order valence-corrected chi connectivity index (χ2v) is 8.11. The average Bonchev–Trinajstić information content (AvgIpc) is 2.77. The molecule has 162 valence electrons. The van der Waals surface area contributed by atoms with Gasteiger partial charge in [-0.05, 0) is 41.7 Å². The zero-order valence-electron chi connectivity index (χ0n) is 17.7. The summed E-state index contributed by atoms with van der Waals surface area (Å²) in [5.41, 5.74) is 3.03. The van der Waals surface area contributed by atoms with Gasteiger partial charge in [-0.3, -0.25) is 9.59 Å². The molecule has 4 rings (SSSR count). The molecule has 1 aliphatic carbocycles. The summed E-state index contributed by atoms with van der Waals surface area (Å²) in [5, 5.41) is 3.57. The highest BCUT2D eigenvalue weighted by Crippen LogP contribution is 2.47. The molecule has 0 spiro atoms. The van der Waals surface area contributed by atoms with E-state index in [1.165, 1.54) is 7.11 Å². The Hall–Kier alpha value is -2.99. The van der Waals surface area contributed by atoms with Gasteiger partial charge in [-0.2, -0.15) is 0 Å². The molecule has 1 aliphatic heterocycles. The molecule has 2 aromatic carbocycles. The lowest BCUT2D eigenvalue weighted by atomic mass is 9.73. The Morgan fingerprint density at radius 1 is 0.935 bits per heavy atom. The van der Waals surface area contributed by atoms with Crippen molar-refractivity contribution in [1.29, 1.82) is 0 Å². The molecule has 2 atom stereocenters. The average molecular weight is 442 g/mol. The van der Waals surface area contributed by atoms with Crippen molar-refractivity contribution < 1.29 is 23.8 Å². The molecular formula is C24H24ClNO5. The summed E-state index contributed by atoms with van der Waals surface area (Å²) in [6, 6.07) is 11.2. The van der Waals surface area contributed by atoms with E-state index in [4.69, 9.17) is 25.8 Å². The molecular weight excluding hydrogens is 418 g/mol. The van der Waals surface area contributed by atoms with Crippen molar-refractivity contribution in [3.05, 3.63) is 63.8 Å². The fourth-order valence-electron chi connectivity index (χ4n) is 4.57. The first kappa shape index (κ1) is 21.2. The van der Waals surface area contributed by atoms with E-state index in [9.17, 15) is 9.59 Å². The molecule has 1 heterocycles. The van der Waals surface area contributed by atoms with Gasteiger partial charge in [0.05, 0.1) is 21.3 Å². The van der Waals surface area contributed by atoms with E-state index < -0.39 is 0 Å². The van der Waals surface area contributed by atoms with Crippen molar-refractivity contribution in [2.24, 2.45) is 0 Å². The van der Waals surface area contributed by atoms with Crippen LogP contribution in [0.5, 0.6) is 17.2 Å². The molecule has 0 fully saturated rings. The first-order chi connectivity index (χ1) is 15.0. The second kappa shape index (κ2) is 8.63. The van der Waals surface area contributed by atoms with Crippen LogP contribution in [0.25, 0.3) is 0 Å². The number of halogens is 1. The highest BCUT2D eigenvalue weighted by atomic mass is 35.5. The van der Waals surface area contributed by atoms with Crippen LogP contribution < -0.4 is 19.5 Å². The Morgan fingerprint density at radius 3 is 2.23 bits per heavy atom. The third-order valence-electron chi connectivity index (χ3n) is 5.97. The van der Waals surface area contributed by atoms with Gasteiger partial charge in [-0.1, -0.05) is 29.8 Å². The fourth-order valence-corrected chi connectivity index (χ4v) is 4.86. The molecule has 1 amide bonds. The van der Waals surface area contributed by atoms with E-state index in [1.807, 2.05) is 36.4 Å². The van der Waals surface area contributed by atoms with Crippen molar-refractivity contribution in [2.75, 3.05) is 21.3 Å². The maximum Gasteiger partial charge on any atom is 0.225 e. The van der Waals surface area contributed by atoms with E-state index >= 15 is 0 Å². The van der Waals surface area contributed by atoms with E-state index in [1.54, 1.807) is 14.2 Å². The van der Waals surface area contributed by atoms with Crippen molar-refractivity contribution in [1.82, 2.24) is 5.32 Å². The topological polar surface area (TPSA) is 73.9 Å². The number of Topliss-reactive ketones (excluding diaryl/α,β-unsaturated/α-hetero) is 1. The number of carbonyl (C=O) groups excluding carboxylic acids is 2. The number of carbonyl (C=O) groups is 2. The summed E-state index contributed by atoms with van der Waals surface area (Å²) in [7, 11) is 4.62. The molecule has 0 unspecified atom stereocenters. The number of amides is 1. The monoisotopic (exact) mass is 441 g/mol. The number of rotatable bonds is 5. The van der Waals surface area contributed by atoms with Crippen LogP contribution in [0.3, 0.4) is 0 Å². The number of nitrogens with one attached hydrogen (secondary N) is 1. The molecule has 2 aliphatic rings. The lowest BCUT2D eigenvalue weighted by Gasteiger charge is -2.35. The summed E-state index contributed by atoms with van der Waals surface area (Å²) < 4.78 is 16.3. The van der Waals surface area contributed by atoms with Crippen LogP contribution in [0.2, 0.25) is 5.02 Å². The lowest BCUT2D eigenvalue weighted by molar-refractivity contribution is -0.122. The predicted octanol–water partition coefficient (Wildman–Crippen LogP) is 4.37. The number of hydrogen-bond acceptors (Lipinski definition) is 5. The van der Waals surface area contributed by atoms with Gasteiger partial charge in [-0.15, -0.1) is 0 Å². The highest BCUT2D eigenvalue weighted by molar-refractivity contribution is 6.31. The first-order valence-electron chi connectivity index (χ1n) is 10.1. The maximum absolute atomic E-state index is 13.3. The summed E-state index contributed by atoms with van der Waals surface area (Å²) in [4.78, 5) is 25.9. The normalized spacial score (nSPS) is 20.8. The van der Waals surface area contributed by atoms with Crippen LogP contribution in [-0.4, -0.2) is 33.0 Å². The Kier molecular flexibility index (Phi) is 5.92. The van der Waals surface area contributed by atoms with Gasteiger partial charge in [0.2, 0.25) is 11.7 Å². The van der Waals surface area contributed by atoms with Crippen LogP contribution in [0.1, 0.15) is 42.2 Å². The zero-order chi connectivity index (χ0) is 22.1. The number of ketones is 1. The quantitative estimate of drug-likeness (QED) is 0.745. The third-order valence-corrected chi connectivity index (χ3v) is 6.31. The van der Waals surface area contributed by atoms with Gasteiger partial charge in [0.1, 0.15) is 0 Å². The number of allylic oxidation sites excluding steroid dienone is 2. The predicted molar refractivity (Wildman–Crippen MR) is 117 cm³/mol. The van der Waals surface area contributed by atoms with Gasteiger partial charge in [-0.25, -0.2) is 0 Å². The van der Waals surface area contributed by atoms with Crippen molar-refractivity contribution in [3.8, 4) is 17.2 Å². The van der Waals surface area contributed by atoms with E-state index in [0.29, 0.717) is 46.4 Å². The largest absolute Gasteiger partial charge is 0.493 e. The SMILES string of the molecule is COc1cc([C@@H]2CC(=O)NC3=C2C(=O)C[C@H](c2ccccc2Cl)C3)cc(OC)c1OC. The summed E-state index contributed by atoms with van der Waals surface area (Å²) in [6.07, 6.45) is 1.08. The van der Waals surface area contributed by atoms with Crippen molar-refractivity contribution in [2.45, 2.75) is 31.1 Å².